The van der Waals surface area contributed by atoms with Crippen LogP contribution in [0.25, 0.3) is 16.8 Å². The zero-order chi connectivity index (χ0) is 19.9. The van der Waals surface area contributed by atoms with E-state index >= 15 is 0 Å². The molecule has 1 fully saturated rings. The van der Waals surface area contributed by atoms with Crippen molar-refractivity contribution in [1.82, 2.24) is 29.9 Å². The summed E-state index contributed by atoms with van der Waals surface area (Å²) in [5.74, 6) is 1.52. The summed E-state index contributed by atoms with van der Waals surface area (Å²) in [5, 5.41) is 11.7. The molecule has 0 bridgehead atoms. The zero-order valence-electron chi connectivity index (χ0n) is 16.9. The van der Waals surface area contributed by atoms with E-state index < -0.39 is 0 Å². The largest absolute Gasteiger partial charge is 0.446 e. The number of H-pyrrole nitrogens is 1. The van der Waals surface area contributed by atoms with Crippen molar-refractivity contribution in [1.29, 1.82) is 0 Å². The van der Waals surface area contributed by atoms with Gasteiger partial charge in [-0.1, -0.05) is 34.1 Å². The standard InChI is InChI=1S/C20H28N6O2/c1-5-12-8-13(28-19(27)23-11-20(2,3)4)9-14(12)18-25-24-16-10-22-17-15(26(16)18)6-7-21-17/h6-7,10,12-14,21H,5,8-9,11H2,1-4H3,(H,23,27)/t12-,13+,14?/m1/s1. The van der Waals surface area contributed by atoms with Crippen molar-refractivity contribution in [2.75, 3.05) is 6.54 Å². The highest BCUT2D eigenvalue weighted by Gasteiger charge is 2.39. The average Bonchev–Trinajstić information content (AvgIpc) is 3.35. The van der Waals surface area contributed by atoms with Crippen molar-refractivity contribution in [3.8, 4) is 0 Å². The fourth-order valence-electron chi connectivity index (χ4n) is 4.11. The van der Waals surface area contributed by atoms with Gasteiger partial charge in [-0.05, 0) is 30.2 Å². The smallest absolute Gasteiger partial charge is 0.407 e. The van der Waals surface area contributed by atoms with Gasteiger partial charge < -0.3 is 15.0 Å². The Labute approximate surface area is 164 Å². The Morgan fingerprint density at radius 1 is 1.36 bits per heavy atom. The maximum Gasteiger partial charge on any atom is 0.407 e. The molecule has 0 aromatic carbocycles. The van der Waals surface area contributed by atoms with Crippen molar-refractivity contribution in [2.24, 2.45) is 11.3 Å². The molecule has 3 aromatic heterocycles. The summed E-state index contributed by atoms with van der Waals surface area (Å²) < 4.78 is 7.80. The molecule has 0 aliphatic heterocycles. The molecule has 4 rings (SSSR count). The van der Waals surface area contributed by atoms with E-state index in [2.05, 4.69) is 57.6 Å². The number of carbonyl (C=O) groups excluding carboxylic acids is 1. The van der Waals surface area contributed by atoms with Crippen LogP contribution in [0.2, 0.25) is 0 Å². The molecule has 0 radical (unpaired) electrons. The molecule has 8 heteroatoms. The Bertz CT molecular complexity index is 986. The number of amides is 1. The fraction of sp³-hybridized carbons (Fsp3) is 0.600. The highest BCUT2D eigenvalue weighted by Crippen LogP contribution is 2.42. The topological polar surface area (TPSA) is 97.2 Å². The third-order valence-corrected chi connectivity index (χ3v) is 5.51. The lowest BCUT2D eigenvalue weighted by molar-refractivity contribution is 0.0955. The van der Waals surface area contributed by atoms with E-state index in [1.807, 2.05) is 12.3 Å². The molecule has 2 N–H and O–H groups in total. The first kappa shape index (κ1) is 18.7. The zero-order valence-corrected chi connectivity index (χ0v) is 16.9. The third kappa shape index (κ3) is 3.55. The van der Waals surface area contributed by atoms with E-state index in [1.54, 1.807) is 6.20 Å². The number of nitrogens with one attached hydrogen (secondary N) is 2. The molecule has 28 heavy (non-hydrogen) atoms. The molecular formula is C20H28N6O2. The molecule has 3 aromatic rings. The normalized spacial score (nSPS) is 22.8. The number of alkyl carbamates (subject to hydrolysis) is 1. The summed E-state index contributed by atoms with van der Waals surface area (Å²) in [6.07, 6.45) is 5.78. The molecule has 1 saturated carbocycles. The van der Waals surface area contributed by atoms with Gasteiger partial charge in [-0.2, -0.15) is 0 Å². The highest BCUT2D eigenvalue weighted by atomic mass is 16.6. The van der Waals surface area contributed by atoms with Gasteiger partial charge in [-0.15, -0.1) is 10.2 Å². The first-order valence-corrected chi connectivity index (χ1v) is 9.97. The number of rotatable bonds is 4. The maximum atomic E-state index is 12.2. The summed E-state index contributed by atoms with van der Waals surface area (Å²) in [6.45, 7) is 9.01. The highest BCUT2D eigenvalue weighted by molar-refractivity contribution is 5.74. The number of aromatic nitrogens is 5. The van der Waals surface area contributed by atoms with Gasteiger partial charge in [0.15, 0.2) is 11.3 Å². The van der Waals surface area contributed by atoms with Crippen molar-refractivity contribution in [3.63, 3.8) is 0 Å². The molecule has 8 nitrogen and oxygen atoms in total. The van der Waals surface area contributed by atoms with Crippen LogP contribution in [0.1, 0.15) is 58.7 Å². The number of carbonyl (C=O) groups is 1. The molecule has 0 spiro atoms. The minimum Gasteiger partial charge on any atom is -0.446 e. The van der Waals surface area contributed by atoms with Crippen LogP contribution >= 0.6 is 0 Å². The maximum absolute atomic E-state index is 12.2. The monoisotopic (exact) mass is 384 g/mol. The van der Waals surface area contributed by atoms with E-state index in [0.717, 1.165) is 41.9 Å². The number of fused-ring (bicyclic) bond motifs is 3. The summed E-state index contributed by atoms with van der Waals surface area (Å²) in [4.78, 5) is 19.7. The predicted molar refractivity (Wildman–Crippen MR) is 106 cm³/mol. The van der Waals surface area contributed by atoms with Gasteiger partial charge >= 0.3 is 6.09 Å². The molecule has 1 amide bonds. The van der Waals surface area contributed by atoms with Crippen molar-refractivity contribution < 1.29 is 9.53 Å². The number of ether oxygens (including phenoxy) is 1. The van der Waals surface area contributed by atoms with E-state index in [0.29, 0.717) is 12.5 Å². The molecule has 3 atom stereocenters. The van der Waals surface area contributed by atoms with Crippen molar-refractivity contribution in [3.05, 3.63) is 24.3 Å². The Morgan fingerprint density at radius 2 is 2.18 bits per heavy atom. The first-order chi connectivity index (χ1) is 13.4. The molecule has 1 aliphatic rings. The Morgan fingerprint density at radius 3 is 2.93 bits per heavy atom. The lowest BCUT2D eigenvalue weighted by Crippen LogP contribution is -2.34. The molecule has 150 valence electrons. The van der Waals surface area contributed by atoms with Crippen LogP contribution in [0.3, 0.4) is 0 Å². The van der Waals surface area contributed by atoms with Crippen molar-refractivity contribution in [2.45, 2.75) is 59.0 Å². The first-order valence-electron chi connectivity index (χ1n) is 9.97. The fourth-order valence-corrected chi connectivity index (χ4v) is 4.11. The van der Waals surface area contributed by atoms with Gasteiger partial charge in [0.2, 0.25) is 0 Å². The number of aromatic amines is 1. The second-order valence-electron chi connectivity index (χ2n) is 8.91. The molecular weight excluding hydrogens is 356 g/mol. The van der Waals surface area contributed by atoms with Gasteiger partial charge in [-0.25, -0.2) is 9.78 Å². The SMILES string of the molecule is CC[C@@H]1C[C@H](OC(=O)NCC(C)(C)C)CC1c1nnc2cnc3[nH]ccc3n12. The second-order valence-corrected chi connectivity index (χ2v) is 8.91. The van der Waals surface area contributed by atoms with Gasteiger partial charge in [0.05, 0.1) is 11.7 Å². The third-order valence-electron chi connectivity index (χ3n) is 5.51. The van der Waals surface area contributed by atoms with E-state index in [1.165, 1.54) is 0 Å². The van der Waals surface area contributed by atoms with Crippen LogP contribution in [0, 0.1) is 11.3 Å². The van der Waals surface area contributed by atoms with Gasteiger partial charge in [0, 0.05) is 18.7 Å². The molecule has 3 heterocycles. The van der Waals surface area contributed by atoms with E-state index in [-0.39, 0.29) is 23.5 Å². The molecule has 1 aliphatic carbocycles. The molecule has 1 unspecified atom stereocenters. The minimum absolute atomic E-state index is 0.0274. The summed E-state index contributed by atoms with van der Waals surface area (Å²) in [6, 6.07) is 1.99. The van der Waals surface area contributed by atoms with Gasteiger partial charge in [0.25, 0.3) is 0 Å². The summed E-state index contributed by atoms with van der Waals surface area (Å²) in [5.41, 5.74) is 2.55. The minimum atomic E-state index is -0.334. The van der Waals surface area contributed by atoms with Crippen LogP contribution in [-0.4, -0.2) is 43.3 Å². The van der Waals surface area contributed by atoms with Crippen LogP contribution < -0.4 is 5.32 Å². The van der Waals surface area contributed by atoms with Crippen LogP contribution in [0.5, 0.6) is 0 Å². The number of hydrogen-bond acceptors (Lipinski definition) is 5. The Balaban J connectivity index is 1.54. The quantitative estimate of drug-likeness (QED) is 0.716. The van der Waals surface area contributed by atoms with Crippen LogP contribution in [-0.2, 0) is 4.74 Å². The number of nitrogens with zero attached hydrogens (tertiary/aromatic N) is 4. The second kappa shape index (κ2) is 7.07. The lowest BCUT2D eigenvalue weighted by atomic mass is 9.93. The van der Waals surface area contributed by atoms with E-state index in [9.17, 15) is 4.79 Å². The van der Waals surface area contributed by atoms with Gasteiger partial charge in [-0.3, -0.25) is 4.40 Å². The van der Waals surface area contributed by atoms with E-state index in [4.69, 9.17) is 4.74 Å². The number of hydrogen-bond donors (Lipinski definition) is 2. The molecule has 0 saturated heterocycles. The van der Waals surface area contributed by atoms with Crippen molar-refractivity contribution >= 4 is 22.9 Å². The summed E-state index contributed by atoms with van der Waals surface area (Å²) in [7, 11) is 0. The predicted octanol–water partition coefficient (Wildman–Crippen LogP) is 3.65. The summed E-state index contributed by atoms with van der Waals surface area (Å²) >= 11 is 0. The lowest BCUT2D eigenvalue weighted by Gasteiger charge is -2.20. The van der Waals surface area contributed by atoms with Crippen LogP contribution in [0.15, 0.2) is 18.5 Å². The Hall–Kier alpha value is -2.64. The average molecular weight is 384 g/mol. The van der Waals surface area contributed by atoms with Crippen LogP contribution in [0.4, 0.5) is 4.79 Å². The Kier molecular flexibility index (Phi) is 4.72. The van der Waals surface area contributed by atoms with Gasteiger partial charge in [0.1, 0.15) is 11.9 Å².